The molecule has 0 N–H and O–H groups in total. The molecule has 3 heteroatoms. The fourth-order valence-corrected chi connectivity index (χ4v) is 2.56. The SMILES string of the molecule is CCCN1CCC=C(c2ccc(OC)c(OC)c2)C1. The molecular weight excluding hydrogens is 238 g/mol. The maximum atomic E-state index is 5.38. The van der Waals surface area contributed by atoms with E-state index in [1.54, 1.807) is 14.2 Å². The summed E-state index contributed by atoms with van der Waals surface area (Å²) >= 11 is 0. The lowest BCUT2D eigenvalue weighted by atomic mass is 10.0. The highest BCUT2D eigenvalue weighted by atomic mass is 16.5. The average molecular weight is 261 g/mol. The number of ether oxygens (including phenoxy) is 2. The Bertz CT molecular complexity index is 454. The van der Waals surface area contributed by atoms with Crippen LogP contribution in [0, 0.1) is 0 Å². The van der Waals surface area contributed by atoms with Gasteiger partial charge in [0.2, 0.25) is 0 Å². The third-order valence-electron chi connectivity index (χ3n) is 3.52. The second-order valence-corrected chi connectivity index (χ2v) is 4.86. The molecule has 3 nitrogen and oxygen atoms in total. The lowest BCUT2D eigenvalue weighted by molar-refractivity contribution is 0.305. The first-order valence-electron chi connectivity index (χ1n) is 6.92. The van der Waals surface area contributed by atoms with Gasteiger partial charge in [-0.15, -0.1) is 0 Å². The van der Waals surface area contributed by atoms with Crippen LogP contribution in [0.15, 0.2) is 24.3 Å². The summed E-state index contributed by atoms with van der Waals surface area (Å²) in [6, 6.07) is 6.16. The summed E-state index contributed by atoms with van der Waals surface area (Å²) in [6.07, 6.45) is 4.68. The molecule has 104 valence electrons. The Kier molecular flexibility index (Phi) is 4.86. The van der Waals surface area contributed by atoms with Crippen LogP contribution in [0.4, 0.5) is 0 Å². The van der Waals surface area contributed by atoms with Gasteiger partial charge in [0.05, 0.1) is 14.2 Å². The van der Waals surface area contributed by atoms with Crippen molar-refractivity contribution in [2.45, 2.75) is 19.8 Å². The Morgan fingerprint density at radius 3 is 2.63 bits per heavy atom. The molecule has 19 heavy (non-hydrogen) atoms. The quantitative estimate of drug-likeness (QED) is 0.812. The summed E-state index contributed by atoms with van der Waals surface area (Å²) in [5.41, 5.74) is 2.62. The highest BCUT2D eigenvalue weighted by Crippen LogP contribution is 2.31. The van der Waals surface area contributed by atoms with Crippen LogP contribution in [0.5, 0.6) is 11.5 Å². The van der Waals surface area contributed by atoms with Gasteiger partial charge in [0.15, 0.2) is 11.5 Å². The van der Waals surface area contributed by atoms with Crippen molar-refractivity contribution < 1.29 is 9.47 Å². The summed E-state index contributed by atoms with van der Waals surface area (Å²) in [4.78, 5) is 2.51. The van der Waals surface area contributed by atoms with Crippen LogP contribution in [0.25, 0.3) is 5.57 Å². The zero-order chi connectivity index (χ0) is 13.7. The highest BCUT2D eigenvalue weighted by molar-refractivity contribution is 5.70. The number of methoxy groups -OCH3 is 2. The molecule has 1 aromatic rings. The van der Waals surface area contributed by atoms with Gasteiger partial charge in [-0.25, -0.2) is 0 Å². The molecule has 1 aliphatic heterocycles. The molecular formula is C16H23NO2. The minimum atomic E-state index is 0.785. The van der Waals surface area contributed by atoms with Gasteiger partial charge < -0.3 is 9.47 Å². The summed E-state index contributed by atoms with van der Waals surface area (Å²) < 4.78 is 10.7. The van der Waals surface area contributed by atoms with Crippen molar-refractivity contribution in [2.75, 3.05) is 33.9 Å². The summed E-state index contributed by atoms with van der Waals surface area (Å²) in [6.45, 7) is 5.60. The molecule has 0 spiro atoms. The van der Waals surface area contributed by atoms with Gasteiger partial charge in [0.25, 0.3) is 0 Å². The van der Waals surface area contributed by atoms with Crippen molar-refractivity contribution in [3.63, 3.8) is 0 Å². The van der Waals surface area contributed by atoms with E-state index in [4.69, 9.17) is 9.47 Å². The molecule has 0 aliphatic carbocycles. The third-order valence-corrected chi connectivity index (χ3v) is 3.52. The number of rotatable bonds is 5. The highest BCUT2D eigenvalue weighted by Gasteiger charge is 2.14. The van der Waals surface area contributed by atoms with Gasteiger partial charge in [0, 0.05) is 13.1 Å². The molecule has 0 saturated heterocycles. The zero-order valence-corrected chi connectivity index (χ0v) is 12.1. The molecule has 0 bridgehead atoms. The van der Waals surface area contributed by atoms with Gasteiger partial charge >= 0.3 is 0 Å². The lowest BCUT2D eigenvalue weighted by Crippen LogP contribution is -2.30. The smallest absolute Gasteiger partial charge is 0.161 e. The van der Waals surface area contributed by atoms with Crippen molar-refractivity contribution >= 4 is 5.57 Å². The minimum Gasteiger partial charge on any atom is -0.493 e. The molecule has 0 atom stereocenters. The molecule has 1 aliphatic rings. The first kappa shape index (κ1) is 13.9. The summed E-state index contributed by atoms with van der Waals surface area (Å²) in [7, 11) is 3.35. The van der Waals surface area contributed by atoms with Gasteiger partial charge in [-0.3, -0.25) is 4.90 Å². The Hall–Kier alpha value is -1.48. The first-order chi connectivity index (χ1) is 9.28. The Morgan fingerprint density at radius 1 is 1.16 bits per heavy atom. The minimum absolute atomic E-state index is 0.785. The predicted octanol–water partition coefficient (Wildman–Crippen LogP) is 3.20. The Labute approximate surface area is 115 Å². The van der Waals surface area contributed by atoms with Crippen molar-refractivity contribution in [1.29, 1.82) is 0 Å². The van der Waals surface area contributed by atoms with Gasteiger partial charge in [0.1, 0.15) is 0 Å². The standard InChI is InChI=1S/C16H23NO2/c1-4-9-17-10-5-6-14(12-17)13-7-8-15(18-2)16(11-13)19-3/h6-8,11H,4-5,9-10,12H2,1-3H3. The lowest BCUT2D eigenvalue weighted by Gasteiger charge is -2.27. The van der Waals surface area contributed by atoms with Crippen molar-refractivity contribution in [1.82, 2.24) is 4.90 Å². The van der Waals surface area contributed by atoms with E-state index >= 15 is 0 Å². The fourth-order valence-electron chi connectivity index (χ4n) is 2.56. The number of nitrogens with zero attached hydrogens (tertiary/aromatic N) is 1. The van der Waals surface area contributed by atoms with Gasteiger partial charge in [-0.05, 0) is 42.7 Å². The van der Waals surface area contributed by atoms with E-state index < -0.39 is 0 Å². The molecule has 0 fully saturated rings. The van der Waals surface area contributed by atoms with Crippen LogP contribution in [-0.4, -0.2) is 38.8 Å². The second kappa shape index (κ2) is 6.62. The molecule has 0 unspecified atom stereocenters. The monoisotopic (exact) mass is 261 g/mol. The first-order valence-corrected chi connectivity index (χ1v) is 6.92. The van der Waals surface area contributed by atoms with E-state index in [9.17, 15) is 0 Å². The zero-order valence-electron chi connectivity index (χ0n) is 12.1. The van der Waals surface area contributed by atoms with E-state index in [0.717, 1.165) is 24.5 Å². The predicted molar refractivity (Wildman–Crippen MR) is 78.9 cm³/mol. The molecule has 0 saturated carbocycles. The van der Waals surface area contributed by atoms with Gasteiger partial charge in [-0.2, -0.15) is 0 Å². The maximum absolute atomic E-state index is 5.38. The Morgan fingerprint density at radius 2 is 1.95 bits per heavy atom. The van der Waals surface area contributed by atoms with Crippen LogP contribution >= 0.6 is 0 Å². The van der Waals surface area contributed by atoms with Crippen molar-refractivity contribution in [3.8, 4) is 11.5 Å². The molecule has 2 rings (SSSR count). The van der Waals surface area contributed by atoms with Crippen LogP contribution < -0.4 is 9.47 Å². The average Bonchev–Trinajstić information content (AvgIpc) is 2.47. The summed E-state index contributed by atoms with van der Waals surface area (Å²) in [5, 5.41) is 0. The molecule has 1 aromatic carbocycles. The second-order valence-electron chi connectivity index (χ2n) is 4.86. The van der Waals surface area contributed by atoms with Gasteiger partial charge in [-0.1, -0.05) is 19.1 Å². The molecule has 0 radical (unpaired) electrons. The molecule has 0 aromatic heterocycles. The molecule has 1 heterocycles. The maximum Gasteiger partial charge on any atom is 0.161 e. The van der Waals surface area contributed by atoms with Crippen LogP contribution in [-0.2, 0) is 0 Å². The van der Waals surface area contributed by atoms with E-state index in [1.165, 1.54) is 30.6 Å². The number of benzene rings is 1. The molecule has 0 amide bonds. The number of hydrogen-bond donors (Lipinski definition) is 0. The number of hydrogen-bond acceptors (Lipinski definition) is 3. The topological polar surface area (TPSA) is 21.7 Å². The van der Waals surface area contributed by atoms with E-state index in [1.807, 2.05) is 6.07 Å². The third kappa shape index (κ3) is 3.29. The van der Waals surface area contributed by atoms with E-state index in [0.29, 0.717) is 0 Å². The van der Waals surface area contributed by atoms with E-state index in [2.05, 4.69) is 30.0 Å². The van der Waals surface area contributed by atoms with Crippen LogP contribution in [0.3, 0.4) is 0 Å². The van der Waals surface area contributed by atoms with Crippen molar-refractivity contribution in [3.05, 3.63) is 29.8 Å². The van der Waals surface area contributed by atoms with Crippen LogP contribution in [0.2, 0.25) is 0 Å². The van der Waals surface area contributed by atoms with E-state index in [-0.39, 0.29) is 0 Å². The van der Waals surface area contributed by atoms with Crippen LogP contribution in [0.1, 0.15) is 25.3 Å². The normalized spacial score (nSPS) is 16.1. The largest absolute Gasteiger partial charge is 0.493 e. The Balaban J connectivity index is 2.19. The van der Waals surface area contributed by atoms with Crippen molar-refractivity contribution in [2.24, 2.45) is 0 Å². The fraction of sp³-hybridized carbons (Fsp3) is 0.500. The summed E-state index contributed by atoms with van der Waals surface area (Å²) in [5.74, 6) is 1.58.